The summed E-state index contributed by atoms with van der Waals surface area (Å²) in [4.78, 5) is 27.6. The fraction of sp³-hybridized carbons (Fsp3) is 0.133. The molecule has 0 aliphatic carbocycles. The summed E-state index contributed by atoms with van der Waals surface area (Å²) < 4.78 is 10.4. The summed E-state index contributed by atoms with van der Waals surface area (Å²) in [6.07, 6.45) is 0. The van der Waals surface area contributed by atoms with Gasteiger partial charge in [-0.05, 0) is 37.3 Å². The molecule has 1 N–H and O–H groups in total. The van der Waals surface area contributed by atoms with Crippen molar-refractivity contribution in [3.05, 3.63) is 52.8 Å². The van der Waals surface area contributed by atoms with Crippen LogP contribution in [0.3, 0.4) is 0 Å². The highest BCUT2D eigenvalue weighted by Crippen LogP contribution is 2.33. The molecule has 0 unspecified atom stereocenters. The molecule has 0 bridgehead atoms. The number of aromatic carboxylic acids is 1. The topological polar surface area (TPSA) is 85.7 Å². The molecule has 0 fully saturated rings. The van der Waals surface area contributed by atoms with Crippen molar-refractivity contribution in [3.63, 3.8) is 0 Å². The normalized spacial score (nSPS) is 12.2. The molecule has 6 heteroatoms. The number of carboxylic acids is 1. The summed E-state index contributed by atoms with van der Waals surface area (Å²) in [5, 5.41) is 9.18. The Hall–Kier alpha value is -2.89. The van der Waals surface area contributed by atoms with E-state index >= 15 is 0 Å². The van der Waals surface area contributed by atoms with Gasteiger partial charge in [0, 0.05) is 11.3 Å². The van der Waals surface area contributed by atoms with Gasteiger partial charge >= 0.3 is 5.97 Å². The molecule has 1 aromatic heterocycles. The smallest absolute Gasteiger partial charge is 0.355 e. The number of aryl methyl sites for hydroxylation is 1. The molecule has 21 heavy (non-hydrogen) atoms. The van der Waals surface area contributed by atoms with Gasteiger partial charge in [0.15, 0.2) is 23.0 Å². The Kier molecular flexibility index (Phi) is 3.06. The number of benzene rings is 1. The van der Waals surface area contributed by atoms with Gasteiger partial charge < -0.3 is 14.6 Å². The largest absolute Gasteiger partial charge is 0.476 e. The van der Waals surface area contributed by atoms with Crippen LogP contribution >= 0.6 is 0 Å². The second-order valence-corrected chi connectivity index (χ2v) is 4.55. The number of pyridine rings is 1. The molecule has 0 spiro atoms. The molecule has 0 atom stereocenters. The first-order chi connectivity index (χ1) is 10.1. The van der Waals surface area contributed by atoms with E-state index in [4.69, 9.17) is 9.47 Å². The van der Waals surface area contributed by atoms with Crippen LogP contribution in [0.1, 0.15) is 32.1 Å². The Bertz CT molecular complexity index is 754. The summed E-state index contributed by atoms with van der Waals surface area (Å²) in [5.74, 6) is -0.620. The van der Waals surface area contributed by atoms with Gasteiger partial charge in [-0.3, -0.25) is 4.79 Å². The van der Waals surface area contributed by atoms with Crippen LogP contribution in [0.5, 0.6) is 11.5 Å². The minimum absolute atomic E-state index is 0.0481. The minimum Gasteiger partial charge on any atom is -0.476 e. The predicted octanol–water partition coefficient (Wildman–Crippen LogP) is 2.05. The first-order valence-corrected chi connectivity index (χ1v) is 6.21. The number of carbonyl (C=O) groups is 2. The third kappa shape index (κ3) is 2.31. The van der Waals surface area contributed by atoms with E-state index in [1.54, 1.807) is 25.1 Å². The van der Waals surface area contributed by atoms with Crippen LogP contribution in [-0.4, -0.2) is 28.6 Å². The van der Waals surface area contributed by atoms with Crippen molar-refractivity contribution >= 4 is 11.8 Å². The van der Waals surface area contributed by atoms with E-state index in [1.807, 2.05) is 0 Å². The fourth-order valence-electron chi connectivity index (χ4n) is 2.10. The zero-order chi connectivity index (χ0) is 15.0. The monoisotopic (exact) mass is 285 g/mol. The molecule has 106 valence electrons. The summed E-state index contributed by atoms with van der Waals surface area (Å²) in [5.41, 5.74) is 0.659. The van der Waals surface area contributed by atoms with E-state index < -0.39 is 11.8 Å². The highest BCUT2D eigenvalue weighted by atomic mass is 16.7. The molecule has 3 rings (SSSR count). The van der Waals surface area contributed by atoms with Gasteiger partial charge in [-0.2, -0.15) is 0 Å². The number of aromatic nitrogens is 1. The average Bonchev–Trinajstić information content (AvgIpc) is 2.93. The van der Waals surface area contributed by atoms with Crippen LogP contribution in [0.25, 0.3) is 0 Å². The standard InChI is InChI=1S/C15H11NO5/c1-8-2-4-10(13(16-8)15(18)19)14(17)9-3-5-11-12(6-9)21-7-20-11/h2-6H,7H2,1H3,(H,18,19). The quantitative estimate of drug-likeness (QED) is 0.869. The first-order valence-electron chi connectivity index (χ1n) is 6.21. The predicted molar refractivity (Wildman–Crippen MR) is 71.9 cm³/mol. The van der Waals surface area contributed by atoms with Crippen LogP contribution in [0.4, 0.5) is 0 Å². The Morgan fingerprint density at radius 2 is 1.90 bits per heavy atom. The molecule has 2 aromatic rings. The molecular formula is C15H11NO5. The summed E-state index contributed by atoms with van der Waals surface area (Å²) in [7, 11) is 0. The van der Waals surface area contributed by atoms with Crippen molar-refractivity contribution in [1.82, 2.24) is 4.98 Å². The molecule has 6 nitrogen and oxygen atoms in total. The molecule has 0 amide bonds. The number of ether oxygens (including phenoxy) is 2. The molecule has 0 radical (unpaired) electrons. The number of rotatable bonds is 3. The van der Waals surface area contributed by atoms with Crippen molar-refractivity contribution in [2.45, 2.75) is 6.92 Å². The molecule has 0 saturated carbocycles. The van der Waals surface area contributed by atoms with Crippen LogP contribution in [0.2, 0.25) is 0 Å². The van der Waals surface area contributed by atoms with E-state index in [2.05, 4.69) is 4.98 Å². The molecule has 2 heterocycles. The average molecular weight is 285 g/mol. The molecule has 1 aliphatic heterocycles. The second kappa shape index (κ2) is 4.90. The number of carboxylic acid groups (broad SMARTS) is 1. The van der Waals surface area contributed by atoms with E-state index in [9.17, 15) is 14.7 Å². The minimum atomic E-state index is -1.23. The Morgan fingerprint density at radius 3 is 2.67 bits per heavy atom. The van der Waals surface area contributed by atoms with Crippen LogP contribution in [-0.2, 0) is 0 Å². The lowest BCUT2D eigenvalue weighted by atomic mass is 10.0. The van der Waals surface area contributed by atoms with Gasteiger partial charge in [-0.15, -0.1) is 0 Å². The fourth-order valence-corrected chi connectivity index (χ4v) is 2.10. The maximum Gasteiger partial charge on any atom is 0.355 e. The van der Waals surface area contributed by atoms with Gasteiger partial charge in [-0.25, -0.2) is 9.78 Å². The van der Waals surface area contributed by atoms with Crippen LogP contribution in [0.15, 0.2) is 30.3 Å². The first kappa shape index (κ1) is 13.1. The van der Waals surface area contributed by atoms with Crippen molar-refractivity contribution < 1.29 is 24.2 Å². The van der Waals surface area contributed by atoms with Crippen LogP contribution in [0, 0.1) is 6.92 Å². The molecule has 1 aromatic carbocycles. The molecule has 0 saturated heterocycles. The van der Waals surface area contributed by atoms with Gasteiger partial charge in [0.25, 0.3) is 0 Å². The van der Waals surface area contributed by atoms with E-state index in [0.717, 1.165) is 0 Å². The van der Waals surface area contributed by atoms with Crippen LogP contribution < -0.4 is 9.47 Å². The van der Waals surface area contributed by atoms with E-state index in [-0.39, 0.29) is 18.1 Å². The number of ketones is 1. The lowest BCUT2D eigenvalue weighted by Gasteiger charge is -2.06. The van der Waals surface area contributed by atoms with Gasteiger partial charge in [0.05, 0.1) is 5.56 Å². The van der Waals surface area contributed by atoms with Crippen molar-refractivity contribution in [1.29, 1.82) is 0 Å². The maximum atomic E-state index is 12.5. The van der Waals surface area contributed by atoms with Crippen molar-refractivity contribution in [3.8, 4) is 11.5 Å². The number of hydrogen-bond acceptors (Lipinski definition) is 5. The SMILES string of the molecule is Cc1ccc(C(=O)c2ccc3c(c2)OCO3)c(C(=O)O)n1. The van der Waals surface area contributed by atoms with Crippen molar-refractivity contribution in [2.75, 3.05) is 6.79 Å². The van der Waals surface area contributed by atoms with Crippen molar-refractivity contribution in [2.24, 2.45) is 0 Å². The highest BCUT2D eigenvalue weighted by Gasteiger charge is 2.22. The number of fused-ring (bicyclic) bond motifs is 1. The van der Waals surface area contributed by atoms with Gasteiger partial charge in [-0.1, -0.05) is 0 Å². The van der Waals surface area contributed by atoms with Gasteiger partial charge in [0.1, 0.15) is 0 Å². The molecular weight excluding hydrogens is 274 g/mol. The second-order valence-electron chi connectivity index (χ2n) is 4.55. The lowest BCUT2D eigenvalue weighted by molar-refractivity contribution is 0.0686. The Balaban J connectivity index is 2.05. The number of hydrogen-bond donors (Lipinski definition) is 1. The molecule has 1 aliphatic rings. The lowest BCUT2D eigenvalue weighted by Crippen LogP contribution is -2.12. The van der Waals surface area contributed by atoms with E-state index in [0.29, 0.717) is 22.8 Å². The summed E-state index contributed by atoms with van der Waals surface area (Å²) in [6, 6.07) is 7.81. The third-order valence-corrected chi connectivity index (χ3v) is 3.12. The maximum absolute atomic E-state index is 12.5. The number of carbonyl (C=O) groups excluding carboxylic acids is 1. The zero-order valence-corrected chi connectivity index (χ0v) is 11.1. The third-order valence-electron chi connectivity index (χ3n) is 3.12. The summed E-state index contributed by atoms with van der Waals surface area (Å²) >= 11 is 0. The Morgan fingerprint density at radius 1 is 1.14 bits per heavy atom. The number of nitrogens with zero attached hydrogens (tertiary/aromatic N) is 1. The van der Waals surface area contributed by atoms with E-state index in [1.165, 1.54) is 12.1 Å². The summed E-state index contributed by atoms with van der Waals surface area (Å²) in [6.45, 7) is 1.78. The zero-order valence-electron chi connectivity index (χ0n) is 11.1. The highest BCUT2D eigenvalue weighted by molar-refractivity contribution is 6.13. The Labute approximate surface area is 120 Å². The van der Waals surface area contributed by atoms with Gasteiger partial charge in [0.2, 0.25) is 6.79 Å².